The van der Waals surface area contributed by atoms with Crippen LogP contribution in [0.25, 0.3) is 17.0 Å². The zero-order valence-electron chi connectivity index (χ0n) is 8.64. The molecule has 5 heteroatoms. The Kier molecular flexibility index (Phi) is 2.61. The van der Waals surface area contributed by atoms with Crippen LogP contribution in [0.5, 0.6) is 0 Å². The summed E-state index contributed by atoms with van der Waals surface area (Å²) in [5.41, 5.74) is 1.79. The lowest BCUT2D eigenvalue weighted by Gasteiger charge is -2.00. The molecule has 0 unspecified atom stereocenters. The molecule has 2 heterocycles. The molecule has 17 heavy (non-hydrogen) atoms. The molecule has 1 aromatic carbocycles. The van der Waals surface area contributed by atoms with Gasteiger partial charge in [0.25, 0.3) is 0 Å². The van der Waals surface area contributed by atoms with Crippen LogP contribution >= 0.6 is 27.5 Å². The standard InChI is InChI=1S/C12H7BrClN3/c13-10-2-1-7-17-11(15-16-12(10)17)8-3-5-9(14)6-4-8/h1-7H. The Labute approximate surface area is 111 Å². The maximum atomic E-state index is 5.87. The molecule has 0 aliphatic rings. The van der Waals surface area contributed by atoms with Crippen LogP contribution in [0.15, 0.2) is 47.1 Å². The van der Waals surface area contributed by atoms with E-state index in [4.69, 9.17) is 11.6 Å². The van der Waals surface area contributed by atoms with E-state index in [1.165, 1.54) is 0 Å². The molecular weight excluding hydrogens is 302 g/mol. The minimum Gasteiger partial charge on any atom is -0.281 e. The third-order valence-corrected chi connectivity index (χ3v) is 3.36. The van der Waals surface area contributed by atoms with E-state index in [0.717, 1.165) is 21.5 Å². The van der Waals surface area contributed by atoms with Crippen molar-refractivity contribution in [3.05, 3.63) is 52.1 Å². The van der Waals surface area contributed by atoms with Gasteiger partial charge in [-0.25, -0.2) is 0 Å². The lowest BCUT2D eigenvalue weighted by molar-refractivity contribution is 1.11. The van der Waals surface area contributed by atoms with Gasteiger partial charge in [-0.15, -0.1) is 10.2 Å². The van der Waals surface area contributed by atoms with E-state index in [-0.39, 0.29) is 0 Å². The molecule has 3 nitrogen and oxygen atoms in total. The van der Waals surface area contributed by atoms with Crippen LogP contribution in [-0.2, 0) is 0 Å². The van der Waals surface area contributed by atoms with Crippen LogP contribution in [0.2, 0.25) is 5.02 Å². The number of pyridine rings is 1. The van der Waals surface area contributed by atoms with Crippen molar-refractivity contribution in [3.8, 4) is 11.4 Å². The zero-order chi connectivity index (χ0) is 11.8. The van der Waals surface area contributed by atoms with Gasteiger partial charge in [0.1, 0.15) is 0 Å². The van der Waals surface area contributed by atoms with Gasteiger partial charge in [0.15, 0.2) is 11.5 Å². The Hall–Kier alpha value is -1.39. The molecule has 0 N–H and O–H groups in total. The van der Waals surface area contributed by atoms with E-state index < -0.39 is 0 Å². The average molecular weight is 309 g/mol. The number of hydrogen-bond donors (Lipinski definition) is 0. The number of aromatic nitrogens is 3. The molecule has 0 atom stereocenters. The molecular formula is C12H7BrClN3. The van der Waals surface area contributed by atoms with Crippen LogP contribution in [0.3, 0.4) is 0 Å². The number of rotatable bonds is 1. The summed E-state index contributed by atoms with van der Waals surface area (Å²) in [5, 5.41) is 9.06. The van der Waals surface area contributed by atoms with Crippen molar-refractivity contribution in [2.45, 2.75) is 0 Å². The summed E-state index contributed by atoms with van der Waals surface area (Å²) in [6.45, 7) is 0. The lowest BCUT2D eigenvalue weighted by atomic mass is 10.2. The molecule has 0 saturated heterocycles. The van der Waals surface area contributed by atoms with Crippen LogP contribution < -0.4 is 0 Å². The molecule has 0 saturated carbocycles. The predicted molar refractivity (Wildman–Crippen MR) is 71.1 cm³/mol. The molecule has 0 amide bonds. The molecule has 0 radical (unpaired) electrons. The summed E-state index contributed by atoms with van der Waals surface area (Å²) in [5.74, 6) is 0.804. The Bertz CT molecular complexity index is 676. The highest BCUT2D eigenvalue weighted by molar-refractivity contribution is 9.10. The summed E-state index contributed by atoms with van der Waals surface area (Å²) < 4.78 is 2.86. The van der Waals surface area contributed by atoms with E-state index >= 15 is 0 Å². The smallest absolute Gasteiger partial charge is 0.175 e. The van der Waals surface area contributed by atoms with Crippen LogP contribution in [0.4, 0.5) is 0 Å². The highest BCUT2D eigenvalue weighted by atomic mass is 79.9. The van der Waals surface area contributed by atoms with Crippen molar-refractivity contribution in [2.75, 3.05) is 0 Å². The minimum atomic E-state index is 0.712. The van der Waals surface area contributed by atoms with Crippen molar-refractivity contribution in [1.82, 2.24) is 14.6 Å². The fourth-order valence-electron chi connectivity index (χ4n) is 1.68. The van der Waals surface area contributed by atoms with Crippen molar-refractivity contribution in [3.63, 3.8) is 0 Å². The van der Waals surface area contributed by atoms with Gasteiger partial charge >= 0.3 is 0 Å². The Morgan fingerprint density at radius 3 is 2.59 bits per heavy atom. The average Bonchev–Trinajstić information content (AvgIpc) is 2.75. The Morgan fingerprint density at radius 2 is 1.82 bits per heavy atom. The topological polar surface area (TPSA) is 30.2 Å². The van der Waals surface area contributed by atoms with Gasteiger partial charge < -0.3 is 0 Å². The normalized spacial score (nSPS) is 10.9. The third kappa shape index (κ3) is 1.83. The molecule has 0 bridgehead atoms. The number of hydrogen-bond acceptors (Lipinski definition) is 2. The first-order valence-corrected chi connectivity index (χ1v) is 6.18. The lowest BCUT2D eigenvalue weighted by Crippen LogP contribution is -1.88. The van der Waals surface area contributed by atoms with E-state index in [2.05, 4.69) is 26.1 Å². The summed E-state index contributed by atoms with van der Waals surface area (Å²) in [7, 11) is 0. The van der Waals surface area contributed by atoms with Crippen molar-refractivity contribution >= 4 is 33.2 Å². The maximum Gasteiger partial charge on any atom is 0.175 e. The molecule has 84 valence electrons. The van der Waals surface area contributed by atoms with Crippen LogP contribution in [0, 0.1) is 0 Å². The minimum absolute atomic E-state index is 0.712. The first-order valence-electron chi connectivity index (χ1n) is 5.01. The van der Waals surface area contributed by atoms with Crippen molar-refractivity contribution in [2.24, 2.45) is 0 Å². The van der Waals surface area contributed by atoms with E-state index in [1.807, 2.05) is 47.0 Å². The van der Waals surface area contributed by atoms with Gasteiger partial charge in [0.2, 0.25) is 0 Å². The largest absolute Gasteiger partial charge is 0.281 e. The summed E-state index contributed by atoms with van der Waals surface area (Å²) in [6, 6.07) is 11.4. The molecule has 3 rings (SSSR count). The molecule has 0 fully saturated rings. The first-order chi connectivity index (χ1) is 8.25. The Morgan fingerprint density at radius 1 is 1.06 bits per heavy atom. The van der Waals surface area contributed by atoms with Crippen LogP contribution in [0.1, 0.15) is 0 Å². The monoisotopic (exact) mass is 307 g/mol. The quantitative estimate of drug-likeness (QED) is 0.684. The number of benzene rings is 1. The molecule has 2 aromatic heterocycles. The SMILES string of the molecule is Clc1ccc(-c2nnc3c(Br)cccn23)cc1. The highest BCUT2D eigenvalue weighted by Gasteiger charge is 2.09. The van der Waals surface area contributed by atoms with Gasteiger partial charge in [-0.3, -0.25) is 4.40 Å². The maximum absolute atomic E-state index is 5.87. The van der Waals surface area contributed by atoms with Crippen molar-refractivity contribution in [1.29, 1.82) is 0 Å². The molecule has 0 aliphatic heterocycles. The summed E-state index contributed by atoms with van der Waals surface area (Å²) >= 11 is 9.32. The fourth-order valence-corrected chi connectivity index (χ4v) is 2.23. The van der Waals surface area contributed by atoms with E-state index in [0.29, 0.717) is 5.02 Å². The second-order valence-electron chi connectivity index (χ2n) is 3.58. The van der Waals surface area contributed by atoms with Gasteiger partial charge in [0.05, 0.1) is 4.47 Å². The predicted octanol–water partition coefficient (Wildman–Crippen LogP) is 3.81. The highest BCUT2D eigenvalue weighted by Crippen LogP contribution is 2.23. The van der Waals surface area contributed by atoms with Crippen LogP contribution in [-0.4, -0.2) is 14.6 Å². The second kappa shape index (κ2) is 4.13. The van der Waals surface area contributed by atoms with E-state index in [1.54, 1.807) is 0 Å². The van der Waals surface area contributed by atoms with Crippen molar-refractivity contribution < 1.29 is 0 Å². The Balaban J connectivity index is 2.24. The molecule has 0 spiro atoms. The number of fused-ring (bicyclic) bond motifs is 1. The van der Waals surface area contributed by atoms with Gasteiger partial charge in [-0.1, -0.05) is 11.6 Å². The number of halogens is 2. The molecule has 3 aromatic rings. The van der Waals surface area contributed by atoms with E-state index in [9.17, 15) is 0 Å². The van der Waals surface area contributed by atoms with Gasteiger partial charge in [0, 0.05) is 16.8 Å². The van der Waals surface area contributed by atoms with Gasteiger partial charge in [-0.05, 0) is 52.3 Å². The van der Waals surface area contributed by atoms with Gasteiger partial charge in [-0.2, -0.15) is 0 Å². The fraction of sp³-hybridized carbons (Fsp3) is 0. The summed E-state index contributed by atoms with van der Waals surface area (Å²) in [4.78, 5) is 0. The first kappa shape index (κ1) is 10.7. The molecule has 0 aliphatic carbocycles. The zero-order valence-corrected chi connectivity index (χ0v) is 11.0. The third-order valence-electron chi connectivity index (χ3n) is 2.49. The second-order valence-corrected chi connectivity index (χ2v) is 4.87. The summed E-state index contributed by atoms with van der Waals surface area (Å²) in [6.07, 6.45) is 1.93. The number of nitrogens with zero attached hydrogens (tertiary/aromatic N) is 3.